The van der Waals surface area contributed by atoms with E-state index >= 15 is 0 Å². The van der Waals surface area contributed by atoms with Crippen LogP contribution in [0.2, 0.25) is 0 Å². The first-order valence-corrected chi connectivity index (χ1v) is 11.6. The molecule has 0 atom stereocenters. The van der Waals surface area contributed by atoms with E-state index in [1.165, 1.54) is 53.4 Å². The molecule has 1 saturated carbocycles. The van der Waals surface area contributed by atoms with Crippen LogP contribution in [0.5, 0.6) is 5.75 Å². The SMILES string of the molecule is Cc1ccc(COc2cnn(CCc3ccc4c(c3)CN(CC3CC3)CC4)c(=O)c2)nc1. The summed E-state index contributed by atoms with van der Waals surface area (Å²) in [4.78, 5) is 19.4. The summed E-state index contributed by atoms with van der Waals surface area (Å²) in [6.07, 6.45) is 8.15. The van der Waals surface area contributed by atoms with Gasteiger partial charge in [0.2, 0.25) is 0 Å². The summed E-state index contributed by atoms with van der Waals surface area (Å²) in [5.41, 5.74) is 5.96. The van der Waals surface area contributed by atoms with Crippen molar-refractivity contribution in [1.82, 2.24) is 19.7 Å². The first-order valence-electron chi connectivity index (χ1n) is 11.6. The Morgan fingerprint density at radius 3 is 2.78 bits per heavy atom. The quantitative estimate of drug-likeness (QED) is 0.547. The molecular weight excluding hydrogens is 400 g/mol. The lowest BCUT2D eigenvalue weighted by Crippen LogP contribution is -2.32. The fourth-order valence-corrected chi connectivity index (χ4v) is 4.29. The lowest BCUT2D eigenvalue weighted by Gasteiger charge is -2.29. The van der Waals surface area contributed by atoms with E-state index in [0.29, 0.717) is 18.9 Å². The molecule has 5 rings (SSSR count). The van der Waals surface area contributed by atoms with Crippen molar-refractivity contribution in [3.63, 3.8) is 0 Å². The Hall–Kier alpha value is -2.99. The van der Waals surface area contributed by atoms with E-state index in [1.807, 2.05) is 19.1 Å². The molecule has 2 aliphatic rings. The predicted molar refractivity (Wildman–Crippen MR) is 124 cm³/mol. The van der Waals surface area contributed by atoms with Crippen LogP contribution in [0.25, 0.3) is 0 Å². The monoisotopic (exact) mass is 430 g/mol. The van der Waals surface area contributed by atoms with Gasteiger partial charge < -0.3 is 4.74 Å². The van der Waals surface area contributed by atoms with Crippen LogP contribution in [-0.2, 0) is 32.5 Å². The predicted octanol–water partition coefficient (Wildman–Crippen LogP) is 3.54. The normalized spacial score (nSPS) is 16.0. The molecule has 2 aromatic heterocycles. The summed E-state index contributed by atoms with van der Waals surface area (Å²) in [6, 6.07) is 12.2. The van der Waals surface area contributed by atoms with Crippen LogP contribution >= 0.6 is 0 Å². The van der Waals surface area contributed by atoms with Crippen LogP contribution in [0, 0.1) is 12.8 Å². The fourth-order valence-electron chi connectivity index (χ4n) is 4.29. The van der Waals surface area contributed by atoms with Gasteiger partial charge in [-0.1, -0.05) is 24.3 Å². The molecule has 166 valence electrons. The maximum atomic E-state index is 12.5. The Morgan fingerprint density at radius 2 is 2.00 bits per heavy atom. The maximum Gasteiger partial charge on any atom is 0.270 e. The Balaban J connectivity index is 1.17. The Labute approximate surface area is 188 Å². The van der Waals surface area contributed by atoms with Crippen molar-refractivity contribution in [1.29, 1.82) is 0 Å². The van der Waals surface area contributed by atoms with Crippen molar-refractivity contribution >= 4 is 0 Å². The topological polar surface area (TPSA) is 60.2 Å². The van der Waals surface area contributed by atoms with E-state index in [4.69, 9.17) is 4.74 Å². The molecule has 0 unspecified atom stereocenters. The summed E-state index contributed by atoms with van der Waals surface area (Å²) in [5.74, 6) is 1.40. The van der Waals surface area contributed by atoms with Gasteiger partial charge >= 0.3 is 0 Å². The van der Waals surface area contributed by atoms with E-state index < -0.39 is 0 Å². The van der Waals surface area contributed by atoms with Crippen LogP contribution in [0.4, 0.5) is 0 Å². The van der Waals surface area contributed by atoms with Crippen LogP contribution in [0.1, 0.15) is 40.8 Å². The van der Waals surface area contributed by atoms with Crippen molar-refractivity contribution < 1.29 is 4.74 Å². The van der Waals surface area contributed by atoms with Gasteiger partial charge in [-0.15, -0.1) is 0 Å². The number of hydrogen-bond donors (Lipinski definition) is 0. The number of benzene rings is 1. The zero-order valence-corrected chi connectivity index (χ0v) is 18.7. The molecular formula is C26H30N4O2. The molecule has 0 spiro atoms. The van der Waals surface area contributed by atoms with E-state index in [2.05, 4.69) is 33.2 Å². The highest BCUT2D eigenvalue weighted by molar-refractivity contribution is 5.34. The maximum absolute atomic E-state index is 12.5. The molecule has 0 N–H and O–H groups in total. The number of rotatable bonds is 8. The number of ether oxygens (including phenoxy) is 1. The number of pyridine rings is 1. The average molecular weight is 431 g/mol. The van der Waals surface area contributed by atoms with Crippen molar-refractivity contribution in [3.8, 4) is 5.75 Å². The standard InChI is InChI=1S/C26H30N4O2/c1-19-2-7-24(27-14-19)18-32-25-13-26(31)30(28-15-25)11-8-20-5-6-22-9-10-29(16-21-3-4-21)17-23(22)12-20/h2,5-7,12-15,21H,3-4,8-11,16-18H2,1H3. The molecule has 0 amide bonds. The fraction of sp³-hybridized carbons (Fsp3) is 0.423. The minimum absolute atomic E-state index is 0.145. The van der Waals surface area contributed by atoms with E-state index in [9.17, 15) is 4.79 Å². The molecule has 1 aromatic carbocycles. The first kappa shape index (κ1) is 20.9. The smallest absolute Gasteiger partial charge is 0.270 e. The number of aromatic nitrogens is 3. The highest BCUT2D eigenvalue weighted by Crippen LogP contribution is 2.31. The molecule has 6 heteroatoms. The second-order valence-electron chi connectivity index (χ2n) is 9.15. The lowest BCUT2D eigenvalue weighted by molar-refractivity contribution is 0.244. The van der Waals surface area contributed by atoms with Gasteiger partial charge in [0.25, 0.3) is 5.56 Å². The lowest BCUT2D eigenvalue weighted by atomic mass is 9.96. The third kappa shape index (κ3) is 5.25. The minimum Gasteiger partial charge on any atom is -0.485 e. The van der Waals surface area contributed by atoms with Gasteiger partial charge in [-0.2, -0.15) is 5.10 Å². The third-order valence-corrected chi connectivity index (χ3v) is 6.39. The van der Waals surface area contributed by atoms with Gasteiger partial charge in [-0.3, -0.25) is 14.7 Å². The van der Waals surface area contributed by atoms with Crippen LogP contribution in [-0.4, -0.2) is 32.8 Å². The summed E-state index contributed by atoms with van der Waals surface area (Å²) < 4.78 is 7.20. The molecule has 0 bridgehead atoms. The van der Waals surface area contributed by atoms with Crippen molar-refractivity contribution in [2.24, 2.45) is 5.92 Å². The van der Waals surface area contributed by atoms with E-state index in [-0.39, 0.29) is 5.56 Å². The van der Waals surface area contributed by atoms with Gasteiger partial charge in [0.05, 0.1) is 11.9 Å². The molecule has 1 aliphatic heterocycles. The molecule has 0 radical (unpaired) electrons. The van der Waals surface area contributed by atoms with Gasteiger partial charge in [0.15, 0.2) is 0 Å². The summed E-state index contributed by atoms with van der Waals surface area (Å²) in [7, 11) is 0. The largest absolute Gasteiger partial charge is 0.485 e. The molecule has 6 nitrogen and oxygen atoms in total. The van der Waals surface area contributed by atoms with E-state index in [0.717, 1.165) is 36.6 Å². The first-order chi connectivity index (χ1) is 15.6. The zero-order chi connectivity index (χ0) is 21.9. The van der Waals surface area contributed by atoms with Crippen LogP contribution < -0.4 is 10.3 Å². The molecule has 0 saturated heterocycles. The molecule has 3 aromatic rings. The minimum atomic E-state index is -0.145. The molecule has 3 heterocycles. The zero-order valence-electron chi connectivity index (χ0n) is 18.7. The number of fused-ring (bicyclic) bond motifs is 1. The molecule has 1 fully saturated rings. The van der Waals surface area contributed by atoms with Crippen molar-refractivity contribution in [3.05, 3.63) is 87.1 Å². The van der Waals surface area contributed by atoms with Crippen molar-refractivity contribution in [2.45, 2.75) is 52.3 Å². The van der Waals surface area contributed by atoms with Gasteiger partial charge in [-0.25, -0.2) is 4.68 Å². The van der Waals surface area contributed by atoms with Gasteiger partial charge in [0.1, 0.15) is 12.4 Å². The molecule has 1 aliphatic carbocycles. The second kappa shape index (κ2) is 9.25. The highest BCUT2D eigenvalue weighted by Gasteiger charge is 2.26. The second-order valence-corrected chi connectivity index (χ2v) is 9.15. The van der Waals surface area contributed by atoms with Crippen LogP contribution in [0.15, 0.2) is 53.6 Å². The number of hydrogen-bond acceptors (Lipinski definition) is 5. The van der Waals surface area contributed by atoms with Gasteiger partial charge in [-0.05, 0) is 66.8 Å². The highest BCUT2D eigenvalue weighted by atomic mass is 16.5. The number of nitrogens with zero attached hydrogens (tertiary/aromatic N) is 4. The van der Waals surface area contributed by atoms with Crippen LogP contribution in [0.3, 0.4) is 0 Å². The Kier molecular flexibility index (Phi) is 6.04. The summed E-state index contributed by atoms with van der Waals surface area (Å²) >= 11 is 0. The molecule has 32 heavy (non-hydrogen) atoms. The van der Waals surface area contributed by atoms with Crippen molar-refractivity contribution in [2.75, 3.05) is 13.1 Å². The van der Waals surface area contributed by atoms with Gasteiger partial charge in [0, 0.05) is 38.4 Å². The summed E-state index contributed by atoms with van der Waals surface area (Å²) in [5, 5.41) is 4.31. The summed E-state index contributed by atoms with van der Waals surface area (Å²) in [6.45, 7) is 6.35. The Morgan fingerprint density at radius 1 is 1.09 bits per heavy atom. The Bertz CT molecular complexity index is 1140. The van der Waals surface area contributed by atoms with E-state index in [1.54, 1.807) is 12.4 Å². The third-order valence-electron chi connectivity index (χ3n) is 6.39. The average Bonchev–Trinajstić information content (AvgIpc) is 3.62. The number of aryl methyl sites for hydroxylation is 3.